The molecule has 0 amide bonds. The van der Waals surface area contributed by atoms with E-state index in [-0.39, 0.29) is 28.0 Å². The predicted molar refractivity (Wildman–Crippen MR) is 66.3 cm³/mol. The smallest absolute Gasteiger partial charge is 0.348 e. The van der Waals surface area contributed by atoms with Gasteiger partial charge in [0.05, 0.1) is 24.2 Å². The molecule has 7 nitrogen and oxygen atoms in total. The first kappa shape index (κ1) is 13.3. The van der Waals surface area contributed by atoms with Gasteiger partial charge in [-0.1, -0.05) is 11.6 Å². The fourth-order valence-electron chi connectivity index (χ4n) is 1.79. The quantitative estimate of drug-likeness (QED) is 0.358. The highest BCUT2D eigenvalue weighted by Crippen LogP contribution is 2.34. The highest BCUT2D eigenvalue weighted by atomic mass is 35.5. The number of morpholine rings is 1. The van der Waals surface area contributed by atoms with Crippen molar-refractivity contribution in [2.45, 2.75) is 13.0 Å². The molecule has 0 aliphatic carbocycles. The molecule has 18 heavy (non-hydrogen) atoms. The second-order valence-electron chi connectivity index (χ2n) is 3.83. The van der Waals surface area contributed by atoms with Crippen LogP contribution in [0.2, 0.25) is 10.4 Å². The van der Waals surface area contributed by atoms with E-state index in [1.807, 2.05) is 6.92 Å². The van der Waals surface area contributed by atoms with Crippen molar-refractivity contribution in [2.24, 2.45) is 0 Å². The average molecular weight is 293 g/mol. The second-order valence-corrected chi connectivity index (χ2v) is 4.53. The summed E-state index contributed by atoms with van der Waals surface area (Å²) in [6, 6.07) is -0.0421. The SMILES string of the molecule is C[C@H]1COCCN1c1nc(Cl)nc(Cl)c1[N+](=O)[O-]. The number of ether oxygens (including phenoxy) is 1. The van der Waals surface area contributed by atoms with Gasteiger partial charge in [-0.25, -0.2) is 0 Å². The topological polar surface area (TPSA) is 81.4 Å². The molecule has 0 bridgehead atoms. The Labute approximate surface area is 113 Å². The Morgan fingerprint density at radius 1 is 1.50 bits per heavy atom. The second kappa shape index (κ2) is 5.21. The van der Waals surface area contributed by atoms with E-state index >= 15 is 0 Å². The molecule has 1 saturated heterocycles. The summed E-state index contributed by atoms with van der Waals surface area (Å²) in [7, 11) is 0. The number of anilines is 1. The summed E-state index contributed by atoms with van der Waals surface area (Å²) in [6.45, 7) is 3.32. The van der Waals surface area contributed by atoms with Gasteiger partial charge in [-0.15, -0.1) is 0 Å². The fourth-order valence-corrected chi connectivity index (χ4v) is 2.23. The van der Waals surface area contributed by atoms with E-state index in [1.165, 1.54) is 0 Å². The molecule has 1 aliphatic rings. The van der Waals surface area contributed by atoms with Crippen LogP contribution in [-0.2, 0) is 4.74 Å². The molecule has 0 saturated carbocycles. The molecule has 98 valence electrons. The minimum atomic E-state index is -0.601. The Morgan fingerprint density at radius 3 is 2.83 bits per heavy atom. The Balaban J connectivity index is 2.50. The standard InChI is InChI=1S/C9H10Cl2N4O3/c1-5-4-18-3-2-14(5)8-6(15(16)17)7(10)12-9(11)13-8/h5H,2-4H2,1H3/t5-/m0/s1. The van der Waals surface area contributed by atoms with Crippen molar-refractivity contribution in [1.29, 1.82) is 0 Å². The molecule has 1 atom stereocenters. The van der Waals surface area contributed by atoms with Crippen LogP contribution in [0.4, 0.5) is 11.5 Å². The molecule has 0 aromatic carbocycles. The van der Waals surface area contributed by atoms with Gasteiger partial charge in [-0.3, -0.25) is 10.1 Å². The summed E-state index contributed by atoms with van der Waals surface area (Å²) in [5.41, 5.74) is -0.324. The summed E-state index contributed by atoms with van der Waals surface area (Å²) < 4.78 is 5.27. The van der Waals surface area contributed by atoms with Crippen molar-refractivity contribution in [3.05, 3.63) is 20.6 Å². The number of aromatic nitrogens is 2. The van der Waals surface area contributed by atoms with Gasteiger partial charge in [0.2, 0.25) is 16.3 Å². The van der Waals surface area contributed by atoms with Gasteiger partial charge < -0.3 is 9.64 Å². The Bertz CT molecular complexity index is 485. The minimum absolute atomic E-state index is 0.0421. The number of rotatable bonds is 2. The maximum Gasteiger partial charge on any atom is 0.348 e. The number of hydrogen-bond acceptors (Lipinski definition) is 6. The van der Waals surface area contributed by atoms with Crippen LogP contribution in [0.1, 0.15) is 6.92 Å². The third-order valence-electron chi connectivity index (χ3n) is 2.62. The average Bonchev–Trinajstić information content (AvgIpc) is 2.27. The van der Waals surface area contributed by atoms with Crippen molar-refractivity contribution in [1.82, 2.24) is 9.97 Å². The summed E-state index contributed by atoms with van der Waals surface area (Å²) in [5, 5.41) is 10.7. The first-order valence-corrected chi connectivity index (χ1v) is 5.98. The van der Waals surface area contributed by atoms with Gasteiger partial charge in [-0.05, 0) is 18.5 Å². The van der Waals surface area contributed by atoms with Crippen molar-refractivity contribution in [3.63, 3.8) is 0 Å². The lowest BCUT2D eigenvalue weighted by molar-refractivity contribution is -0.384. The monoisotopic (exact) mass is 292 g/mol. The largest absolute Gasteiger partial charge is 0.377 e. The van der Waals surface area contributed by atoms with Crippen LogP contribution in [-0.4, -0.2) is 40.7 Å². The van der Waals surface area contributed by atoms with Gasteiger partial charge in [0.1, 0.15) is 0 Å². The molecule has 0 N–H and O–H groups in total. The van der Waals surface area contributed by atoms with E-state index in [1.54, 1.807) is 4.90 Å². The van der Waals surface area contributed by atoms with E-state index in [9.17, 15) is 10.1 Å². The summed E-state index contributed by atoms with van der Waals surface area (Å²) in [4.78, 5) is 19.7. The number of halogens is 2. The molecular formula is C9H10Cl2N4O3. The number of nitro groups is 1. The van der Waals surface area contributed by atoms with Crippen molar-refractivity contribution in [3.8, 4) is 0 Å². The van der Waals surface area contributed by atoms with Crippen LogP contribution < -0.4 is 4.90 Å². The molecule has 1 aliphatic heterocycles. The molecule has 2 rings (SSSR count). The molecule has 0 radical (unpaired) electrons. The van der Waals surface area contributed by atoms with Crippen LogP contribution in [0, 0.1) is 10.1 Å². The lowest BCUT2D eigenvalue weighted by Gasteiger charge is -2.33. The Morgan fingerprint density at radius 2 is 2.22 bits per heavy atom. The lowest BCUT2D eigenvalue weighted by atomic mass is 10.2. The van der Waals surface area contributed by atoms with Crippen molar-refractivity contribution < 1.29 is 9.66 Å². The third-order valence-corrected chi connectivity index (χ3v) is 3.05. The first-order chi connectivity index (χ1) is 8.50. The van der Waals surface area contributed by atoms with Crippen molar-refractivity contribution >= 4 is 34.7 Å². The molecule has 0 spiro atoms. The highest BCUT2D eigenvalue weighted by Gasteiger charge is 2.31. The first-order valence-electron chi connectivity index (χ1n) is 5.22. The zero-order valence-corrected chi connectivity index (χ0v) is 11.0. The number of hydrogen-bond donors (Lipinski definition) is 0. The van der Waals surface area contributed by atoms with Crippen LogP contribution in [0.25, 0.3) is 0 Å². The lowest BCUT2D eigenvalue weighted by Crippen LogP contribution is -2.44. The van der Waals surface area contributed by atoms with Crippen molar-refractivity contribution in [2.75, 3.05) is 24.7 Å². The highest BCUT2D eigenvalue weighted by molar-refractivity contribution is 6.33. The predicted octanol–water partition coefficient (Wildman–Crippen LogP) is 1.92. The summed E-state index contributed by atoms with van der Waals surface area (Å²) in [5.74, 6) is 0.140. The van der Waals surface area contributed by atoms with E-state index in [0.29, 0.717) is 19.8 Å². The molecule has 0 unspecified atom stereocenters. The Kier molecular flexibility index (Phi) is 3.84. The molecule has 1 fully saturated rings. The fraction of sp³-hybridized carbons (Fsp3) is 0.556. The summed E-state index contributed by atoms with van der Waals surface area (Å²) >= 11 is 11.5. The van der Waals surface area contributed by atoms with E-state index < -0.39 is 4.92 Å². The summed E-state index contributed by atoms with van der Waals surface area (Å²) in [6.07, 6.45) is 0. The molecule has 1 aromatic rings. The normalized spacial score (nSPS) is 19.9. The number of nitrogens with zero attached hydrogens (tertiary/aromatic N) is 4. The van der Waals surface area contributed by atoms with Crippen LogP contribution >= 0.6 is 23.2 Å². The van der Waals surface area contributed by atoms with Crippen LogP contribution in [0.3, 0.4) is 0 Å². The van der Waals surface area contributed by atoms with Gasteiger partial charge in [0.15, 0.2) is 0 Å². The van der Waals surface area contributed by atoms with Gasteiger partial charge in [-0.2, -0.15) is 9.97 Å². The van der Waals surface area contributed by atoms with Gasteiger partial charge in [0, 0.05) is 6.54 Å². The zero-order chi connectivity index (χ0) is 13.3. The van der Waals surface area contributed by atoms with Gasteiger partial charge in [0.25, 0.3) is 0 Å². The third kappa shape index (κ3) is 2.47. The maximum atomic E-state index is 11.0. The molecular weight excluding hydrogens is 283 g/mol. The van der Waals surface area contributed by atoms with E-state index in [2.05, 4.69) is 9.97 Å². The molecule has 1 aromatic heterocycles. The van der Waals surface area contributed by atoms with Crippen LogP contribution in [0.5, 0.6) is 0 Å². The van der Waals surface area contributed by atoms with Gasteiger partial charge >= 0.3 is 5.69 Å². The maximum absolute atomic E-state index is 11.0. The molecule has 9 heteroatoms. The minimum Gasteiger partial charge on any atom is -0.377 e. The van der Waals surface area contributed by atoms with E-state index in [4.69, 9.17) is 27.9 Å². The van der Waals surface area contributed by atoms with Crippen LogP contribution in [0.15, 0.2) is 0 Å². The van der Waals surface area contributed by atoms with E-state index in [0.717, 1.165) is 0 Å². The molecule has 2 heterocycles. The Hall–Kier alpha value is -1.18. The zero-order valence-electron chi connectivity index (χ0n) is 9.47.